The molecule has 1 unspecified atom stereocenters. The van der Waals surface area contributed by atoms with Gasteiger partial charge in [0, 0.05) is 48.5 Å². The number of pyridine rings is 1. The van der Waals surface area contributed by atoms with E-state index in [0.29, 0.717) is 30.9 Å². The third-order valence-electron chi connectivity index (χ3n) is 7.56. The van der Waals surface area contributed by atoms with Crippen molar-refractivity contribution in [2.24, 2.45) is 0 Å². The molecule has 0 bridgehead atoms. The first kappa shape index (κ1) is 23.7. The van der Waals surface area contributed by atoms with Crippen molar-refractivity contribution in [3.63, 3.8) is 0 Å². The summed E-state index contributed by atoms with van der Waals surface area (Å²) in [5.41, 5.74) is 6.14. The second kappa shape index (κ2) is 9.74. The summed E-state index contributed by atoms with van der Waals surface area (Å²) in [4.78, 5) is 27.5. The van der Waals surface area contributed by atoms with Crippen LogP contribution in [0.2, 0.25) is 0 Å². The summed E-state index contributed by atoms with van der Waals surface area (Å²) < 4.78 is 21.4. The number of carbonyl (C=O) groups excluding carboxylic acids is 1. The van der Waals surface area contributed by atoms with E-state index in [1.807, 2.05) is 23.0 Å². The van der Waals surface area contributed by atoms with E-state index in [2.05, 4.69) is 28.2 Å². The van der Waals surface area contributed by atoms with Crippen LogP contribution in [0.25, 0.3) is 33.5 Å². The summed E-state index contributed by atoms with van der Waals surface area (Å²) in [5.74, 6) is 0.198. The SMILES string of the molecule is O=C(c1ccc(F)cc1)N1CCc2nc(-c3nn(C4CCCCO4)c4ccc(-c5cccnc5)cc34)[nH]c2C1. The van der Waals surface area contributed by atoms with E-state index in [1.165, 1.54) is 24.3 Å². The van der Waals surface area contributed by atoms with Gasteiger partial charge in [-0.15, -0.1) is 0 Å². The molecule has 1 amide bonds. The monoisotopic (exact) mass is 522 g/mol. The van der Waals surface area contributed by atoms with E-state index in [1.54, 1.807) is 11.1 Å². The molecule has 0 spiro atoms. The van der Waals surface area contributed by atoms with Crippen LogP contribution in [0, 0.1) is 5.82 Å². The second-order valence-electron chi connectivity index (χ2n) is 10.1. The molecule has 5 aromatic rings. The Kier molecular flexibility index (Phi) is 5.93. The molecule has 5 heterocycles. The lowest BCUT2D eigenvalue weighted by atomic mass is 10.0. The van der Waals surface area contributed by atoms with Crippen molar-refractivity contribution in [3.05, 3.63) is 89.8 Å². The number of nitrogens with zero attached hydrogens (tertiary/aromatic N) is 5. The van der Waals surface area contributed by atoms with Gasteiger partial charge >= 0.3 is 0 Å². The normalized spacial score (nSPS) is 17.4. The van der Waals surface area contributed by atoms with Crippen LogP contribution in [-0.2, 0) is 17.7 Å². The Labute approximate surface area is 224 Å². The van der Waals surface area contributed by atoms with Gasteiger partial charge in [0.15, 0.2) is 12.1 Å². The number of rotatable bonds is 4. The predicted molar refractivity (Wildman–Crippen MR) is 144 cm³/mol. The average Bonchev–Trinajstić information content (AvgIpc) is 3.59. The van der Waals surface area contributed by atoms with Crippen molar-refractivity contribution in [1.29, 1.82) is 0 Å². The number of carbonyl (C=O) groups is 1. The Bertz CT molecular complexity index is 1650. The van der Waals surface area contributed by atoms with Gasteiger partial charge in [-0.3, -0.25) is 9.78 Å². The first-order valence-corrected chi connectivity index (χ1v) is 13.3. The highest BCUT2D eigenvalue weighted by molar-refractivity contribution is 5.95. The molecular formula is C30H27FN6O2. The molecule has 3 aromatic heterocycles. The highest BCUT2D eigenvalue weighted by Gasteiger charge is 2.28. The maximum atomic E-state index is 13.3. The van der Waals surface area contributed by atoms with Crippen molar-refractivity contribution in [3.8, 4) is 22.6 Å². The van der Waals surface area contributed by atoms with Gasteiger partial charge in [0.25, 0.3) is 5.91 Å². The summed E-state index contributed by atoms with van der Waals surface area (Å²) in [5, 5.41) is 6.02. The van der Waals surface area contributed by atoms with Gasteiger partial charge in [0.1, 0.15) is 11.5 Å². The summed E-state index contributed by atoms with van der Waals surface area (Å²) in [6.45, 7) is 1.68. The molecule has 0 radical (unpaired) electrons. The molecule has 7 rings (SSSR count). The molecule has 0 saturated carbocycles. The molecule has 39 heavy (non-hydrogen) atoms. The molecule has 8 nitrogen and oxygen atoms in total. The average molecular weight is 523 g/mol. The molecule has 0 aliphatic carbocycles. The van der Waals surface area contributed by atoms with Gasteiger partial charge in [-0.2, -0.15) is 5.10 Å². The van der Waals surface area contributed by atoms with Crippen LogP contribution in [0.1, 0.15) is 47.2 Å². The number of ether oxygens (including phenoxy) is 1. The number of H-pyrrole nitrogens is 1. The number of imidazole rings is 1. The van der Waals surface area contributed by atoms with Crippen molar-refractivity contribution in [2.75, 3.05) is 13.2 Å². The number of amides is 1. The molecule has 1 atom stereocenters. The summed E-state index contributed by atoms with van der Waals surface area (Å²) in [7, 11) is 0. The first-order valence-electron chi connectivity index (χ1n) is 13.3. The lowest BCUT2D eigenvalue weighted by Gasteiger charge is -2.26. The first-order chi connectivity index (χ1) is 19.1. The lowest BCUT2D eigenvalue weighted by Crippen LogP contribution is -2.36. The predicted octanol–water partition coefficient (Wildman–Crippen LogP) is 5.53. The van der Waals surface area contributed by atoms with Crippen LogP contribution in [-0.4, -0.2) is 48.7 Å². The smallest absolute Gasteiger partial charge is 0.254 e. The van der Waals surface area contributed by atoms with E-state index >= 15 is 0 Å². The minimum atomic E-state index is -0.359. The number of hydrogen-bond acceptors (Lipinski definition) is 5. The van der Waals surface area contributed by atoms with E-state index in [-0.39, 0.29) is 18.0 Å². The highest BCUT2D eigenvalue weighted by Crippen LogP contribution is 2.35. The third-order valence-corrected chi connectivity index (χ3v) is 7.56. The Balaban J connectivity index is 1.26. The summed E-state index contributed by atoms with van der Waals surface area (Å²) in [6, 6.07) is 16.0. The zero-order valence-corrected chi connectivity index (χ0v) is 21.3. The van der Waals surface area contributed by atoms with Crippen LogP contribution >= 0.6 is 0 Å². The molecule has 2 aliphatic rings. The van der Waals surface area contributed by atoms with E-state index < -0.39 is 0 Å². The molecule has 2 aliphatic heterocycles. The fourth-order valence-corrected chi connectivity index (χ4v) is 5.52. The lowest BCUT2D eigenvalue weighted by molar-refractivity contribution is -0.0365. The van der Waals surface area contributed by atoms with Gasteiger partial charge < -0.3 is 14.6 Å². The van der Waals surface area contributed by atoms with Gasteiger partial charge in [-0.1, -0.05) is 12.1 Å². The number of aromatic nitrogens is 5. The Morgan fingerprint density at radius 2 is 1.97 bits per heavy atom. The van der Waals surface area contributed by atoms with E-state index in [9.17, 15) is 9.18 Å². The molecule has 1 saturated heterocycles. The molecule has 9 heteroatoms. The fourth-order valence-electron chi connectivity index (χ4n) is 5.52. The zero-order chi connectivity index (χ0) is 26.3. The maximum absolute atomic E-state index is 13.3. The number of nitrogens with one attached hydrogen (secondary N) is 1. The molecule has 1 fully saturated rings. The number of halogens is 1. The van der Waals surface area contributed by atoms with Crippen molar-refractivity contribution in [1.82, 2.24) is 29.6 Å². The van der Waals surface area contributed by atoms with Crippen molar-refractivity contribution < 1.29 is 13.9 Å². The second-order valence-corrected chi connectivity index (χ2v) is 10.1. The standard InChI is InChI=1S/C30H27FN6O2/c31-22-9-6-19(7-10-22)30(38)36-14-12-24-25(18-36)34-29(33-24)28-23-16-20(21-4-3-13-32-17-21)8-11-26(23)37(35-28)27-5-1-2-15-39-27/h3-4,6-11,13,16-17,27H,1-2,5,12,14-15,18H2,(H,33,34). The minimum Gasteiger partial charge on any atom is -0.356 e. The topological polar surface area (TPSA) is 88.9 Å². The van der Waals surface area contributed by atoms with Crippen molar-refractivity contribution in [2.45, 2.75) is 38.5 Å². The van der Waals surface area contributed by atoms with Crippen LogP contribution in [0.4, 0.5) is 4.39 Å². The molecular weight excluding hydrogens is 495 g/mol. The van der Waals surface area contributed by atoms with Gasteiger partial charge in [0.05, 0.1) is 23.4 Å². The van der Waals surface area contributed by atoms with E-state index in [0.717, 1.165) is 65.0 Å². The van der Waals surface area contributed by atoms with Crippen molar-refractivity contribution >= 4 is 16.8 Å². The van der Waals surface area contributed by atoms with E-state index in [4.69, 9.17) is 14.8 Å². The Morgan fingerprint density at radius 1 is 1.08 bits per heavy atom. The summed E-state index contributed by atoms with van der Waals surface area (Å²) >= 11 is 0. The summed E-state index contributed by atoms with van der Waals surface area (Å²) in [6.07, 6.45) is 7.21. The number of fused-ring (bicyclic) bond motifs is 2. The maximum Gasteiger partial charge on any atom is 0.254 e. The zero-order valence-electron chi connectivity index (χ0n) is 21.3. The quantitative estimate of drug-likeness (QED) is 0.336. The van der Waals surface area contributed by atoms with Crippen LogP contribution in [0.5, 0.6) is 0 Å². The van der Waals surface area contributed by atoms with Crippen LogP contribution < -0.4 is 0 Å². The highest BCUT2D eigenvalue weighted by atomic mass is 19.1. The molecule has 2 aromatic carbocycles. The fraction of sp³-hybridized carbons (Fsp3) is 0.267. The number of aromatic amines is 1. The van der Waals surface area contributed by atoms with Crippen LogP contribution in [0.3, 0.4) is 0 Å². The van der Waals surface area contributed by atoms with Gasteiger partial charge in [-0.05, 0) is 67.3 Å². The molecule has 1 N–H and O–H groups in total. The molecule has 196 valence electrons. The minimum absolute atomic E-state index is 0.118. The number of hydrogen-bond donors (Lipinski definition) is 1. The number of benzene rings is 2. The van der Waals surface area contributed by atoms with Crippen LogP contribution in [0.15, 0.2) is 67.0 Å². The Morgan fingerprint density at radius 3 is 2.77 bits per heavy atom. The largest absolute Gasteiger partial charge is 0.356 e. The Hall–Kier alpha value is -4.37. The van der Waals surface area contributed by atoms with Gasteiger partial charge in [0.2, 0.25) is 0 Å². The third kappa shape index (κ3) is 4.38. The van der Waals surface area contributed by atoms with Gasteiger partial charge in [-0.25, -0.2) is 14.1 Å².